The lowest BCUT2D eigenvalue weighted by molar-refractivity contribution is 0.354. The van der Waals surface area contributed by atoms with E-state index in [4.69, 9.17) is 15.9 Å². The van der Waals surface area contributed by atoms with Crippen molar-refractivity contribution in [3.05, 3.63) is 77.4 Å². The van der Waals surface area contributed by atoms with E-state index in [1.165, 1.54) is 16.8 Å². The van der Waals surface area contributed by atoms with Crippen LogP contribution in [-0.2, 0) is 6.54 Å². The molecule has 3 aromatic carbocycles. The Labute approximate surface area is 197 Å². The second-order valence-electron chi connectivity index (χ2n) is 8.55. The first-order chi connectivity index (χ1) is 16.1. The van der Waals surface area contributed by atoms with Crippen LogP contribution in [0.4, 0.5) is 5.69 Å². The van der Waals surface area contributed by atoms with Crippen molar-refractivity contribution in [1.29, 1.82) is 0 Å². The third-order valence-corrected chi connectivity index (χ3v) is 6.36. The average Bonchev–Trinajstić information content (AvgIpc) is 2.87. The first-order valence-corrected chi connectivity index (χ1v) is 11.5. The van der Waals surface area contributed by atoms with Gasteiger partial charge in [-0.15, -0.1) is 6.42 Å². The smallest absolute Gasteiger partial charge is 0.176 e. The Bertz CT molecular complexity index is 1130. The van der Waals surface area contributed by atoms with Crippen molar-refractivity contribution in [2.75, 3.05) is 32.2 Å². The number of benzene rings is 3. The topological polar surface area (TPSA) is 33.7 Å². The van der Waals surface area contributed by atoms with Crippen LogP contribution in [0.25, 0.3) is 11.1 Å². The van der Waals surface area contributed by atoms with Gasteiger partial charge in [-0.25, -0.2) is 0 Å². The quantitative estimate of drug-likeness (QED) is 0.498. The van der Waals surface area contributed by atoms with Crippen molar-refractivity contribution in [1.82, 2.24) is 5.32 Å². The van der Waals surface area contributed by atoms with Gasteiger partial charge in [0.25, 0.3) is 0 Å². The number of terminal acetylenes is 1. The van der Waals surface area contributed by atoms with Crippen molar-refractivity contribution >= 4 is 5.69 Å². The van der Waals surface area contributed by atoms with E-state index < -0.39 is 0 Å². The summed E-state index contributed by atoms with van der Waals surface area (Å²) >= 11 is 0. The maximum Gasteiger partial charge on any atom is 0.176 e. The van der Waals surface area contributed by atoms with Gasteiger partial charge >= 0.3 is 0 Å². The molecule has 33 heavy (non-hydrogen) atoms. The molecular weight excluding hydrogens is 408 g/mol. The van der Waals surface area contributed by atoms with Gasteiger partial charge in [0.2, 0.25) is 0 Å². The molecule has 0 radical (unpaired) electrons. The molecular formula is C29H32N2O2. The summed E-state index contributed by atoms with van der Waals surface area (Å²) in [6.07, 6.45) is 8.05. The van der Waals surface area contributed by atoms with Gasteiger partial charge in [0.1, 0.15) is 0 Å². The minimum atomic E-state index is 0.520. The summed E-state index contributed by atoms with van der Waals surface area (Å²) in [7, 11) is 3.25. The maximum atomic E-state index is 5.75. The summed E-state index contributed by atoms with van der Waals surface area (Å²) < 4.78 is 11.0. The van der Waals surface area contributed by atoms with Crippen molar-refractivity contribution in [3.8, 4) is 35.0 Å². The van der Waals surface area contributed by atoms with E-state index in [1.54, 1.807) is 14.2 Å². The van der Waals surface area contributed by atoms with Gasteiger partial charge in [-0.3, -0.25) is 0 Å². The number of piperidine rings is 1. The number of ether oxygens (including phenoxy) is 2. The fraction of sp³-hybridized carbons (Fsp3) is 0.310. The molecule has 0 unspecified atom stereocenters. The molecule has 4 nitrogen and oxygen atoms in total. The fourth-order valence-corrected chi connectivity index (χ4v) is 4.57. The molecule has 0 saturated carbocycles. The van der Waals surface area contributed by atoms with E-state index in [0.717, 1.165) is 43.6 Å². The minimum Gasteiger partial charge on any atom is -0.493 e. The summed E-state index contributed by atoms with van der Waals surface area (Å²) in [6, 6.07) is 22.1. The van der Waals surface area contributed by atoms with E-state index in [-0.39, 0.29) is 0 Å². The number of aryl methyl sites for hydroxylation is 1. The van der Waals surface area contributed by atoms with Crippen LogP contribution >= 0.6 is 0 Å². The monoisotopic (exact) mass is 440 g/mol. The first-order valence-electron chi connectivity index (χ1n) is 11.5. The lowest BCUT2D eigenvalue weighted by Crippen LogP contribution is -2.43. The third-order valence-electron chi connectivity index (χ3n) is 6.36. The second-order valence-corrected chi connectivity index (χ2v) is 8.55. The first kappa shape index (κ1) is 22.8. The van der Waals surface area contributed by atoms with Crippen molar-refractivity contribution < 1.29 is 9.47 Å². The molecule has 0 amide bonds. The molecule has 1 aliphatic heterocycles. The van der Waals surface area contributed by atoms with E-state index in [1.807, 2.05) is 12.1 Å². The number of hydrogen-bond donors (Lipinski definition) is 1. The standard InChI is InChI=1S/C29H32N2O2/c1-5-23-18-25(19-28(32-3)29(23)33-4)24-8-6-7-22(17-24)20-31(27-13-15-30-16-14-27)26-11-9-21(2)10-12-26/h1,6-12,17-19,27,30H,13-16,20H2,2-4H3. The Morgan fingerprint density at radius 1 is 0.970 bits per heavy atom. The highest BCUT2D eigenvalue weighted by molar-refractivity contribution is 5.72. The molecule has 1 heterocycles. The van der Waals surface area contributed by atoms with Crippen LogP contribution in [0, 0.1) is 19.3 Å². The molecule has 0 atom stereocenters. The van der Waals surface area contributed by atoms with Gasteiger partial charge < -0.3 is 19.7 Å². The lowest BCUT2D eigenvalue weighted by atomic mass is 9.98. The number of methoxy groups -OCH3 is 2. The average molecular weight is 441 g/mol. The third kappa shape index (κ3) is 5.16. The SMILES string of the molecule is C#Cc1cc(-c2cccc(CN(c3ccc(C)cc3)C3CCNCC3)c2)cc(OC)c1OC. The molecule has 0 spiro atoms. The van der Waals surface area contributed by atoms with Gasteiger partial charge in [0.15, 0.2) is 11.5 Å². The molecule has 3 aromatic rings. The zero-order valence-electron chi connectivity index (χ0n) is 19.7. The normalized spacial score (nSPS) is 13.9. The number of rotatable bonds is 7. The van der Waals surface area contributed by atoms with Crippen LogP contribution < -0.4 is 19.7 Å². The van der Waals surface area contributed by atoms with Crippen LogP contribution in [0.15, 0.2) is 60.7 Å². The number of anilines is 1. The Morgan fingerprint density at radius 3 is 2.39 bits per heavy atom. The molecule has 4 heteroatoms. The molecule has 1 aliphatic rings. The van der Waals surface area contributed by atoms with Gasteiger partial charge in [-0.2, -0.15) is 0 Å². The predicted octanol–water partition coefficient (Wildman–Crippen LogP) is 5.42. The number of hydrogen-bond acceptors (Lipinski definition) is 4. The van der Waals surface area contributed by atoms with Crippen LogP contribution in [0.2, 0.25) is 0 Å². The van der Waals surface area contributed by atoms with Crippen molar-refractivity contribution in [3.63, 3.8) is 0 Å². The van der Waals surface area contributed by atoms with Crippen LogP contribution in [0.1, 0.15) is 29.5 Å². The molecule has 4 rings (SSSR count). The molecule has 1 fully saturated rings. The van der Waals surface area contributed by atoms with Crippen LogP contribution in [0.3, 0.4) is 0 Å². The Morgan fingerprint density at radius 2 is 1.73 bits per heavy atom. The highest BCUT2D eigenvalue weighted by Crippen LogP contribution is 2.36. The highest BCUT2D eigenvalue weighted by Gasteiger charge is 2.22. The molecule has 170 valence electrons. The van der Waals surface area contributed by atoms with Crippen molar-refractivity contribution in [2.24, 2.45) is 0 Å². The molecule has 0 aromatic heterocycles. The summed E-state index contributed by atoms with van der Waals surface area (Å²) in [5.74, 6) is 3.96. The summed E-state index contributed by atoms with van der Waals surface area (Å²) in [4.78, 5) is 2.56. The van der Waals surface area contributed by atoms with Crippen molar-refractivity contribution in [2.45, 2.75) is 32.4 Å². The van der Waals surface area contributed by atoms with Gasteiger partial charge in [-0.1, -0.05) is 41.8 Å². The summed E-state index contributed by atoms with van der Waals surface area (Å²) in [5.41, 5.74) is 6.64. The molecule has 1 saturated heterocycles. The number of nitrogens with zero attached hydrogens (tertiary/aromatic N) is 1. The van der Waals surface area contributed by atoms with Crippen LogP contribution in [0.5, 0.6) is 11.5 Å². The van der Waals surface area contributed by atoms with E-state index in [2.05, 4.69) is 71.6 Å². The zero-order valence-corrected chi connectivity index (χ0v) is 19.7. The largest absolute Gasteiger partial charge is 0.493 e. The number of nitrogens with one attached hydrogen (secondary N) is 1. The summed E-state index contributed by atoms with van der Waals surface area (Å²) in [5, 5.41) is 3.49. The molecule has 0 aliphatic carbocycles. The maximum absolute atomic E-state index is 5.75. The van der Waals surface area contributed by atoms with Gasteiger partial charge in [-0.05, 0) is 79.9 Å². The summed E-state index contributed by atoms with van der Waals surface area (Å²) in [6.45, 7) is 5.12. The highest BCUT2D eigenvalue weighted by atomic mass is 16.5. The second kappa shape index (κ2) is 10.5. The fourth-order valence-electron chi connectivity index (χ4n) is 4.57. The minimum absolute atomic E-state index is 0.520. The molecule has 1 N–H and O–H groups in total. The predicted molar refractivity (Wildman–Crippen MR) is 136 cm³/mol. The Hall–Kier alpha value is -3.42. The zero-order chi connectivity index (χ0) is 23.2. The van der Waals surface area contributed by atoms with Gasteiger partial charge in [0.05, 0.1) is 19.8 Å². The Kier molecular flexibility index (Phi) is 7.22. The van der Waals surface area contributed by atoms with E-state index >= 15 is 0 Å². The lowest BCUT2D eigenvalue weighted by Gasteiger charge is -2.36. The van der Waals surface area contributed by atoms with Crippen LogP contribution in [-0.4, -0.2) is 33.4 Å². The van der Waals surface area contributed by atoms with E-state index in [0.29, 0.717) is 23.1 Å². The van der Waals surface area contributed by atoms with E-state index in [9.17, 15) is 0 Å². The Balaban J connectivity index is 1.67. The molecule has 0 bridgehead atoms. The van der Waals surface area contributed by atoms with Gasteiger partial charge in [0, 0.05) is 18.3 Å².